The average Bonchev–Trinajstić information content (AvgIpc) is 2.15. The van der Waals surface area contributed by atoms with Gasteiger partial charge in [0.2, 0.25) is 5.91 Å². The van der Waals surface area contributed by atoms with Crippen molar-refractivity contribution in [2.24, 2.45) is 5.73 Å². The van der Waals surface area contributed by atoms with Gasteiger partial charge in [-0.25, -0.2) is 4.39 Å². The quantitative estimate of drug-likeness (QED) is 0.751. The van der Waals surface area contributed by atoms with E-state index in [0.29, 0.717) is 18.4 Å². The molecule has 76 valence electrons. The molecule has 0 saturated carbocycles. The fourth-order valence-corrected chi connectivity index (χ4v) is 1.27. The highest BCUT2D eigenvalue weighted by Crippen LogP contribution is 2.12. The van der Waals surface area contributed by atoms with Gasteiger partial charge >= 0.3 is 0 Å². The molecule has 0 fully saturated rings. The van der Waals surface area contributed by atoms with Crippen LogP contribution in [0.3, 0.4) is 0 Å². The highest BCUT2D eigenvalue weighted by Gasteiger charge is 2.08. The van der Waals surface area contributed by atoms with Crippen LogP contribution in [0.4, 0.5) is 4.39 Å². The number of aryl methyl sites for hydroxylation is 1. The van der Waals surface area contributed by atoms with Crippen LogP contribution in [0.2, 0.25) is 0 Å². The number of carbonyl (C=O) groups is 1. The number of amides is 1. The number of carbonyl (C=O) groups excluding carboxylic acids is 1. The van der Waals surface area contributed by atoms with Crippen LogP contribution in [0, 0.1) is 5.82 Å². The van der Waals surface area contributed by atoms with Crippen LogP contribution in [-0.2, 0) is 6.42 Å². The molecule has 0 radical (unpaired) electrons. The van der Waals surface area contributed by atoms with E-state index in [2.05, 4.69) is 0 Å². The molecule has 1 rings (SSSR count). The Bertz CT molecular complexity index is 339. The van der Waals surface area contributed by atoms with E-state index in [1.165, 1.54) is 12.1 Å². The maximum absolute atomic E-state index is 12.8. The molecule has 1 aromatic rings. The first kappa shape index (κ1) is 10.7. The van der Waals surface area contributed by atoms with Gasteiger partial charge in [-0.15, -0.1) is 0 Å². The normalized spacial score (nSPS) is 10.1. The summed E-state index contributed by atoms with van der Waals surface area (Å²) in [5, 5.41) is 8.62. The number of hydrogen-bond donors (Lipinski definition) is 2. The van der Waals surface area contributed by atoms with Gasteiger partial charge in [-0.2, -0.15) is 0 Å². The molecule has 4 heteroatoms. The molecule has 0 spiro atoms. The summed E-state index contributed by atoms with van der Waals surface area (Å²) in [5.41, 5.74) is 5.95. The fraction of sp³-hybridized carbons (Fsp3) is 0.300. The minimum Gasteiger partial charge on any atom is -0.396 e. The second kappa shape index (κ2) is 4.72. The zero-order chi connectivity index (χ0) is 10.6. The lowest BCUT2D eigenvalue weighted by Gasteiger charge is -2.05. The Kier molecular flexibility index (Phi) is 3.59. The predicted molar refractivity (Wildman–Crippen MR) is 50.3 cm³/mol. The molecule has 0 aromatic heterocycles. The number of aliphatic hydroxyl groups excluding tert-OH is 1. The SMILES string of the molecule is NC(=O)c1cc(F)ccc1CCCO. The number of aliphatic hydroxyl groups is 1. The van der Waals surface area contributed by atoms with Crippen molar-refractivity contribution >= 4 is 5.91 Å². The zero-order valence-corrected chi connectivity index (χ0v) is 7.66. The molecule has 3 nitrogen and oxygen atoms in total. The first-order valence-corrected chi connectivity index (χ1v) is 4.34. The number of rotatable bonds is 4. The van der Waals surface area contributed by atoms with Crippen LogP contribution in [-0.4, -0.2) is 17.6 Å². The Morgan fingerprint density at radius 3 is 2.79 bits per heavy atom. The van der Waals surface area contributed by atoms with Crippen molar-refractivity contribution in [2.45, 2.75) is 12.8 Å². The molecule has 0 saturated heterocycles. The number of primary amides is 1. The van der Waals surface area contributed by atoms with E-state index >= 15 is 0 Å². The molecule has 0 bridgehead atoms. The van der Waals surface area contributed by atoms with Crippen molar-refractivity contribution in [2.75, 3.05) is 6.61 Å². The van der Waals surface area contributed by atoms with Crippen LogP contribution in [0.25, 0.3) is 0 Å². The van der Waals surface area contributed by atoms with Crippen molar-refractivity contribution < 1.29 is 14.3 Å². The van der Waals surface area contributed by atoms with Gasteiger partial charge in [-0.05, 0) is 30.5 Å². The molecule has 0 aliphatic carbocycles. The van der Waals surface area contributed by atoms with Crippen molar-refractivity contribution in [3.8, 4) is 0 Å². The van der Waals surface area contributed by atoms with Gasteiger partial charge in [0, 0.05) is 12.2 Å². The van der Waals surface area contributed by atoms with E-state index in [1.54, 1.807) is 0 Å². The third kappa shape index (κ3) is 2.53. The molecule has 0 aliphatic rings. The van der Waals surface area contributed by atoms with Gasteiger partial charge in [0.05, 0.1) is 0 Å². The zero-order valence-electron chi connectivity index (χ0n) is 7.66. The number of nitrogens with two attached hydrogens (primary N) is 1. The molecule has 1 aromatic carbocycles. The number of hydrogen-bond acceptors (Lipinski definition) is 2. The molecule has 0 atom stereocenters. The lowest BCUT2D eigenvalue weighted by molar-refractivity contribution is 0.0998. The Morgan fingerprint density at radius 1 is 1.50 bits per heavy atom. The number of halogens is 1. The first-order chi connectivity index (χ1) is 6.65. The third-order valence-corrected chi connectivity index (χ3v) is 1.94. The van der Waals surface area contributed by atoms with Crippen LogP contribution < -0.4 is 5.73 Å². The van der Waals surface area contributed by atoms with Gasteiger partial charge in [-0.3, -0.25) is 4.79 Å². The van der Waals surface area contributed by atoms with Crippen molar-refractivity contribution in [1.29, 1.82) is 0 Å². The van der Waals surface area contributed by atoms with Gasteiger partial charge in [0.15, 0.2) is 0 Å². The van der Waals surface area contributed by atoms with Crippen LogP contribution in [0.15, 0.2) is 18.2 Å². The summed E-state index contributed by atoms with van der Waals surface area (Å²) in [6.07, 6.45) is 1.06. The lowest BCUT2D eigenvalue weighted by atomic mass is 10.0. The van der Waals surface area contributed by atoms with Gasteiger partial charge in [-0.1, -0.05) is 6.07 Å². The number of benzene rings is 1. The minimum absolute atomic E-state index is 0.0373. The van der Waals surface area contributed by atoms with Gasteiger partial charge in [0.25, 0.3) is 0 Å². The van der Waals surface area contributed by atoms with Crippen molar-refractivity contribution in [3.05, 3.63) is 35.1 Å². The summed E-state index contributed by atoms with van der Waals surface area (Å²) in [6, 6.07) is 3.92. The van der Waals surface area contributed by atoms with E-state index in [4.69, 9.17) is 10.8 Å². The molecule has 0 aliphatic heterocycles. The molecule has 0 heterocycles. The largest absolute Gasteiger partial charge is 0.396 e. The van der Waals surface area contributed by atoms with E-state index in [-0.39, 0.29) is 12.2 Å². The van der Waals surface area contributed by atoms with E-state index in [1.807, 2.05) is 0 Å². The third-order valence-electron chi connectivity index (χ3n) is 1.94. The highest BCUT2D eigenvalue weighted by molar-refractivity contribution is 5.94. The Labute approximate surface area is 81.4 Å². The molecule has 0 unspecified atom stereocenters. The van der Waals surface area contributed by atoms with Crippen molar-refractivity contribution in [3.63, 3.8) is 0 Å². The second-order valence-electron chi connectivity index (χ2n) is 2.99. The molecule has 3 N–H and O–H groups in total. The topological polar surface area (TPSA) is 63.3 Å². The highest BCUT2D eigenvalue weighted by atomic mass is 19.1. The molecule has 14 heavy (non-hydrogen) atoms. The first-order valence-electron chi connectivity index (χ1n) is 4.34. The maximum atomic E-state index is 12.8. The Hall–Kier alpha value is -1.42. The summed E-state index contributed by atoms with van der Waals surface area (Å²) in [7, 11) is 0. The summed E-state index contributed by atoms with van der Waals surface area (Å²) in [6.45, 7) is 0.0373. The van der Waals surface area contributed by atoms with E-state index < -0.39 is 11.7 Å². The lowest BCUT2D eigenvalue weighted by Crippen LogP contribution is -2.14. The maximum Gasteiger partial charge on any atom is 0.249 e. The standard InChI is InChI=1S/C10H12FNO2/c11-8-4-3-7(2-1-5-13)9(6-8)10(12)14/h3-4,6,13H,1-2,5H2,(H2,12,14). The second-order valence-corrected chi connectivity index (χ2v) is 2.99. The minimum atomic E-state index is -0.641. The van der Waals surface area contributed by atoms with Crippen LogP contribution in [0.5, 0.6) is 0 Å². The summed E-state index contributed by atoms with van der Waals surface area (Å²) in [4.78, 5) is 10.9. The summed E-state index contributed by atoms with van der Waals surface area (Å²) < 4.78 is 12.8. The molecule has 1 amide bonds. The summed E-state index contributed by atoms with van der Waals surface area (Å²) in [5.74, 6) is -1.12. The van der Waals surface area contributed by atoms with Crippen molar-refractivity contribution in [1.82, 2.24) is 0 Å². The van der Waals surface area contributed by atoms with Gasteiger partial charge in [0.1, 0.15) is 5.82 Å². The van der Waals surface area contributed by atoms with Gasteiger partial charge < -0.3 is 10.8 Å². The molecular weight excluding hydrogens is 185 g/mol. The van der Waals surface area contributed by atoms with Crippen LogP contribution in [0.1, 0.15) is 22.3 Å². The van der Waals surface area contributed by atoms with E-state index in [0.717, 1.165) is 6.07 Å². The predicted octanol–water partition coefficient (Wildman–Crippen LogP) is 0.849. The fourth-order valence-electron chi connectivity index (χ4n) is 1.27. The Morgan fingerprint density at radius 2 is 2.21 bits per heavy atom. The smallest absolute Gasteiger partial charge is 0.249 e. The van der Waals surface area contributed by atoms with E-state index in [9.17, 15) is 9.18 Å². The monoisotopic (exact) mass is 197 g/mol. The Balaban J connectivity index is 2.96. The van der Waals surface area contributed by atoms with Crippen LogP contribution >= 0.6 is 0 Å². The average molecular weight is 197 g/mol. The molecular formula is C10H12FNO2. The summed E-state index contributed by atoms with van der Waals surface area (Å²) >= 11 is 0.